The number of hydrazine groups is 1. The fourth-order valence-electron chi connectivity index (χ4n) is 0.415. The van der Waals surface area contributed by atoms with Crippen molar-refractivity contribution < 1.29 is 4.79 Å². The van der Waals surface area contributed by atoms with Crippen LogP contribution in [0.25, 0.3) is 0 Å². The molecule has 1 rings (SSSR count). The lowest BCUT2D eigenvalue weighted by Crippen LogP contribution is -2.32. The molecule has 1 atom stereocenters. The first-order valence-corrected chi connectivity index (χ1v) is 3.16. The van der Waals surface area contributed by atoms with Crippen molar-refractivity contribution in [2.45, 2.75) is 6.42 Å². The van der Waals surface area contributed by atoms with Crippen molar-refractivity contribution in [2.75, 3.05) is 6.54 Å². The summed E-state index contributed by atoms with van der Waals surface area (Å²) in [5.74, 6) is 0. The monoisotopic (exact) mass is 118 g/mol. The van der Waals surface area contributed by atoms with Gasteiger partial charge in [0.25, 0.3) is 0 Å². The maximum Gasteiger partial charge on any atom is 0.168 e. The summed E-state index contributed by atoms with van der Waals surface area (Å²) in [7, 11) is 0.275. The molecule has 1 fully saturated rings. The molecule has 1 aliphatic heterocycles. The van der Waals surface area contributed by atoms with Gasteiger partial charge in [0.05, 0.1) is 0 Å². The second kappa shape index (κ2) is 2.36. The van der Waals surface area contributed by atoms with E-state index in [1.807, 2.05) is 0 Å². The fourth-order valence-corrected chi connectivity index (χ4v) is 1.02. The first-order valence-electron chi connectivity index (χ1n) is 2.16. The first kappa shape index (κ1) is 5.16. The molecular weight excluding hydrogens is 111 g/mol. The molecule has 1 heterocycles. The zero-order valence-electron chi connectivity index (χ0n) is 3.82. The minimum absolute atomic E-state index is 0.275. The number of hydrogen-bond acceptors (Lipinski definition) is 3. The highest BCUT2D eigenvalue weighted by Gasteiger charge is 2.04. The summed E-state index contributed by atoms with van der Waals surface area (Å²) in [6, 6.07) is 0. The quantitative estimate of drug-likeness (QED) is 0.425. The van der Waals surface area contributed by atoms with Crippen LogP contribution in [0.4, 0.5) is 0 Å². The third-order valence-electron chi connectivity index (χ3n) is 0.767. The summed E-state index contributed by atoms with van der Waals surface area (Å²) >= 11 is 0. The minimum atomic E-state index is 0.275. The molecule has 7 heavy (non-hydrogen) atoms. The van der Waals surface area contributed by atoms with Gasteiger partial charge in [-0.05, 0) is 0 Å². The van der Waals surface area contributed by atoms with Crippen LogP contribution in [0.15, 0.2) is 0 Å². The zero-order valence-corrected chi connectivity index (χ0v) is 4.82. The topological polar surface area (TPSA) is 41.1 Å². The van der Waals surface area contributed by atoms with Crippen LogP contribution in [0, 0.1) is 0 Å². The Labute approximate surface area is 43.7 Å². The number of rotatable bonds is 0. The fraction of sp³-hybridized carbons (Fsp3) is 0.667. The molecule has 3 nitrogen and oxygen atoms in total. The Hall–Kier alpha value is 0.0200. The number of carbonyl (C=O) groups excluding carboxylic acids is 1. The lowest BCUT2D eigenvalue weighted by molar-refractivity contribution is -0.111. The number of nitrogens with one attached hydrogen (secondary N) is 2. The van der Waals surface area contributed by atoms with Gasteiger partial charge in [0.2, 0.25) is 0 Å². The molecule has 0 aliphatic carbocycles. The average molecular weight is 118 g/mol. The Morgan fingerprint density at radius 3 is 2.86 bits per heavy atom. The van der Waals surface area contributed by atoms with E-state index in [-0.39, 0.29) is 8.73 Å². The van der Waals surface area contributed by atoms with Crippen LogP contribution in [0.1, 0.15) is 6.42 Å². The molecule has 4 heteroatoms. The van der Waals surface area contributed by atoms with Crippen molar-refractivity contribution in [2.24, 2.45) is 0 Å². The zero-order chi connectivity index (χ0) is 5.11. The third-order valence-corrected chi connectivity index (χ3v) is 1.60. The molecule has 1 aliphatic rings. The standard InChI is InChI=1S/C3H7N2OP/c6-3-1-2-4-5-7-3/h4-5,7H,1-2H2. The molecule has 1 unspecified atom stereocenters. The molecule has 0 amide bonds. The van der Waals surface area contributed by atoms with Crippen LogP contribution in [-0.2, 0) is 4.79 Å². The van der Waals surface area contributed by atoms with Gasteiger partial charge in [0.1, 0.15) is 0 Å². The van der Waals surface area contributed by atoms with E-state index in [1.54, 1.807) is 0 Å². The van der Waals surface area contributed by atoms with Crippen molar-refractivity contribution >= 4 is 14.3 Å². The van der Waals surface area contributed by atoms with Crippen molar-refractivity contribution in [1.29, 1.82) is 0 Å². The molecule has 40 valence electrons. The Morgan fingerprint density at radius 2 is 2.57 bits per heavy atom. The van der Waals surface area contributed by atoms with Gasteiger partial charge in [-0.1, -0.05) is 0 Å². The molecular formula is C3H7N2OP. The minimum Gasteiger partial charge on any atom is -0.293 e. The van der Waals surface area contributed by atoms with Gasteiger partial charge in [-0.25, -0.2) is 5.20 Å². The summed E-state index contributed by atoms with van der Waals surface area (Å²) in [4.78, 5) is 10.4. The van der Waals surface area contributed by atoms with Crippen molar-refractivity contribution in [3.05, 3.63) is 0 Å². The average Bonchev–Trinajstić information content (AvgIpc) is 1.69. The van der Waals surface area contributed by atoms with Crippen LogP contribution in [0.2, 0.25) is 0 Å². The van der Waals surface area contributed by atoms with E-state index in [0.717, 1.165) is 6.54 Å². The SMILES string of the molecule is O=C1CCNNP1. The maximum absolute atomic E-state index is 10.4. The van der Waals surface area contributed by atoms with Crippen LogP contribution in [0.5, 0.6) is 0 Å². The smallest absolute Gasteiger partial charge is 0.168 e. The molecule has 0 aromatic rings. The predicted octanol–water partition coefficient (Wildman–Crippen LogP) is -0.396. The highest BCUT2D eigenvalue weighted by atomic mass is 31.1. The van der Waals surface area contributed by atoms with E-state index in [4.69, 9.17) is 0 Å². The Kier molecular flexibility index (Phi) is 1.74. The molecule has 0 radical (unpaired) electrons. The van der Waals surface area contributed by atoms with Gasteiger partial charge in [-0.3, -0.25) is 10.2 Å². The maximum atomic E-state index is 10.4. The highest BCUT2D eigenvalue weighted by Crippen LogP contribution is 2.08. The Balaban J connectivity index is 2.25. The van der Waals surface area contributed by atoms with Crippen LogP contribution in [-0.4, -0.2) is 12.1 Å². The third kappa shape index (κ3) is 1.51. The summed E-state index contributed by atoms with van der Waals surface area (Å²) < 4.78 is 0. The van der Waals surface area contributed by atoms with E-state index in [1.165, 1.54) is 0 Å². The van der Waals surface area contributed by atoms with Crippen molar-refractivity contribution in [3.63, 3.8) is 0 Å². The lowest BCUT2D eigenvalue weighted by atomic mass is 10.5. The largest absolute Gasteiger partial charge is 0.293 e. The molecule has 1 saturated heterocycles. The van der Waals surface area contributed by atoms with E-state index in [2.05, 4.69) is 10.6 Å². The number of carbonyl (C=O) groups is 1. The van der Waals surface area contributed by atoms with E-state index in [9.17, 15) is 4.79 Å². The van der Waals surface area contributed by atoms with Gasteiger partial charge in [0, 0.05) is 21.7 Å². The summed E-state index contributed by atoms with van der Waals surface area (Å²) in [5, 5.41) is 2.76. The Bertz CT molecular complexity index is 77.0. The highest BCUT2D eigenvalue weighted by molar-refractivity contribution is 7.55. The molecule has 0 spiro atoms. The second-order valence-electron chi connectivity index (χ2n) is 1.35. The predicted molar refractivity (Wildman–Crippen MR) is 29.1 cm³/mol. The molecule has 0 aromatic carbocycles. The van der Waals surface area contributed by atoms with Crippen LogP contribution in [0.3, 0.4) is 0 Å². The van der Waals surface area contributed by atoms with E-state index in [0.29, 0.717) is 11.9 Å². The molecule has 2 N–H and O–H groups in total. The summed E-state index contributed by atoms with van der Waals surface area (Å²) in [6.07, 6.45) is 0.686. The molecule has 0 aromatic heterocycles. The summed E-state index contributed by atoms with van der Waals surface area (Å²) in [5.41, 5.74) is 3.17. The molecule has 0 bridgehead atoms. The second-order valence-corrected chi connectivity index (χ2v) is 2.41. The van der Waals surface area contributed by atoms with Crippen molar-refractivity contribution in [1.82, 2.24) is 10.6 Å². The van der Waals surface area contributed by atoms with E-state index >= 15 is 0 Å². The van der Waals surface area contributed by atoms with Crippen LogP contribution < -0.4 is 10.6 Å². The molecule has 0 saturated carbocycles. The van der Waals surface area contributed by atoms with Gasteiger partial charge in [-0.2, -0.15) is 0 Å². The normalized spacial score (nSPS) is 26.0. The first-order chi connectivity index (χ1) is 3.39. The van der Waals surface area contributed by atoms with E-state index < -0.39 is 0 Å². The lowest BCUT2D eigenvalue weighted by Gasteiger charge is -2.10. The number of hydrogen-bond donors (Lipinski definition) is 2. The van der Waals surface area contributed by atoms with Crippen LogP contribution >= 0.6 is 8.73 Å². The van der Waals surface area contributed by atoms with Gasteiger partial charge in [0.15, 0.2) is 5.52 Å². The van der Waals surface area contributed by atoms with Gasteiger partial charge >= 0.3 is 0 Å². The van der Waals surface area contributed by atoms with Crippen molar-refractivity contribution in [3.8, 4) is 0 Å². The van der Waals surface area contributed by atoms with Gasteiger partial charge in [-0.15, -0.1) is 0 Å². The Morgan fingerprint density at radius 1 is 1.71 bits per heavy atom. The van der Waals surface area contributed by atoms with Gasteiger partial charge < -0.3 is 0 Å². The summed E-state index contributed by atoms with van der Waals surface area (Å²) in [6.45, 7) is 0.784.